The number of piperidine rings is 1. The van der Waals surface area contributed by atoms with Gasteiger partial charge in [-0.3, -0.25) is 14.5 Å². The van der Waals surface area contributed by atoms with E-state index in [9.17, 15) is 14.0 Å². The largest absolute Gasteiger partial charge is 0.336 e. The molecule has 1 aromatic carbocycles. The molecule has 0 aliphatic carbocycles. The SMILES string of the molecule is Cn1cc2c(cc1=O)CCN(C(=O)C(c1ccc(F)cc1)N1CCCCC1)C2. The fraction of sp³-hybridized carbons (Fsp3) is 0.455. The van der Waals surface area contributed by atoms with E-state index in [1.807, 2.05) is 11.1 Å². The number of benzene rings is 1. The molecule has 4 rings (SSSR count). The van der Waals surface area contributed by atoms with Crippen LogP contribution in [0.4, 0.5) is 4.39 Å². The zero-order chi connectivity index (χ0) is 19.7. The van der Waals surface area contributed by atoms with Crippen LogP contribution in [0.25, 0.3) is 0 Å². The number of carbonyl (C=O) groups is 1. The number of aryl methyl sites for hydroxylation is 1. The Kier molecular flexibility index (Phi) is 5.31. The highest BCUT2D eigenvalue weighted by Gasteiger charge is 2.33. The minimum atomic E-state index is -0.380. The number of hydrogen-bond acceptors (Lipinski definition) is 3. The molecule has 3 heterocycles. The Bertz CT molecular complexity index is 916. The van der Waals surface area contributed by atoms with Gasteiger partial charge in [0.15, 0.2) is 0 Å². The molecular formula is C22H26FN3O2. The summed E-state index contributed by atoms with van der Waals surface area (Å²) in [5, 5.41) is 0. The van der Waals surface area contributed by atoms with Crippen LogP contribution in [0.15, 0.2) is 41.3 Å². The second-order valence-electron chi connectivity index (χ2n) is 7.83. The number of hydrogen-bond donors (Lipinski definition) is 0. The number of halogens is 1. The van der Waals surface area contributed by atoms with Crippen LogP contribution < -0.4 is 5.56 Å². The first-order chi connectivity index (χ1) is 13.5. The first-order valence-electron chi connectivity index (χ1n) is 9.99. The van der Waals surface area contributed by atoms with Gasteiger partial charge in [-0.15, -0.1) is 0 Å². The minimum Gasteiger partial charge on any atom is -0.336 e. The van der Waals surface area contributed by atoms with E-state index in [0.29, 0.717) is 19.5 Å². The van der Waals surface area contributed by atoms with Crippen molar-refractivity contribution < 1.29 is 9.18 Å². The smallest absolute Gasteiger partial charge is 0.250 e. The van der Waals surface area contributed by atoms with Gasteiger partial charge in [-0.25, -0.2) is 4.39 Å². The topological polar surface area (TPSA) is 45.6 Å². The van der Waals surface area contributed by atoms with E-state index in [4.69, 9.17) is 0 Å². The summed E-state index contributed by atoms with van der Waals surface area (Å²) in [5.74, 6) is -0.227. The normalized spacial score (nSPS) is 18.6. The molecule has 0 radical (unpaired) electrons. The number of aromatic nitrogens is 1. The van der Waals surface area contributed by atoms with Gasteiger partial charge in [0.05, 0.1) is 0 Å². The van der Waals surface area contributed by atoms with Gasteiger partial charge >= 0.3 is 0 Å². The molecule has 1 saturated heterocycles. The molecule has 148 valence electrons. The second kappa shape index (κ2) is 7.87. The van der Waals surface area contributed by atoms with E-state index in [2.05, 4.69) is 4.90 Å². The van der Waals surface area contributed by atoms with Crippen molar-refractivity contribution in [1.29, 1.82) is 0 Å². The van der Waals surface area contributed by atoms with Gasteiger partial charge in [-0.05, 0) is 61.2 Å². The van der Waals surface area contributed by atoms with Gasteiger partial charge < -0.3 is 9.47 Å². The van der Waals surface area contributed by atoms with Crippen molar-refractivity contribution >= 4 is 5.91 Å². The maximum absolute atomic E-state index is 13.6. The highest BCUT2D eigenvalue weighted by Crippen LogP contribution is 2.29. The third kappa shape index (κ3) is 3.74. The zero-order valence-corrected chi connectivity index (χ0v) is 16.2. The molecule has 0 N–H and O–H groups in total. The fourth-order valence-electron chi connectivity index (χ4n) is 4.33. The second-order valence-corrected chi connectivity index (χ2v) is 7.83. The van der Waals surface area contributed by atoms with Crippen LogP contribution in [-0.4, -0.2) is 39.9 Å². The van der Waals surface area contributed by atoms with Crippen molar-refractivity contribution in [3.05, 3.63) is 69.4 Å². The fourth-order valence-corrected chi connectivity index (χ4v) is 4.33. The van der Waals surface area contributed by atoms with Crippen molar-refractivity contribution in [3.8, 4) is 0 Å². The summed E-state index contributed by atoms with van der Waals surface area (Å²) in [4.78, 5) is 29.6. The lowest BCUT2D eigenvalue weighted by atomic mass is 9.97. The van der Waals surface area contributed by atoms with Crippen molar-refractivity contribution in [1.82, 2.24) is 14.4 Å². The van der Waals surface area contributed by atoms with Crippen molar-refractivity contribution in [2.75, 3.05) is 19.6 Å². The first-order valence-corrected chi connectivity index (χ1v) is 9.99. The summed E-state index contributed by atoms with van der Waals surface area (Å²) < 4.78 is 15.0. The Balaban J connectivity index is 1.62. The Morgan fingerprint density at radius 1 is 1.04 bits per heavy atom. The standard InChI is InChI=1S/C22H26FN3O2/c1-24-14-18-15-26(12-9-17(18)13-20(24)27)22(28)21(25-10-3-2-4-11-25)16-5-7-19(23)8-6-16/h5-8,13-14,21H,2-4,9-12,15H2,1H3. The van der Waals surface area contributed by atoms with Gasteiger partial charge in [0.2, 0.25) is 5.91 Å². The summed E-state index contributed by atoms with van der Waals surface area (Å²) in [6.45, 7) is 2.87. The molecule has 0 spiro atoms. The lowest BCUT2D eigenvalue weighted by molar-refractivity contribution is -0.138. The van der Waals surface area contributed by atoms with Crippen LogP contribution in [0.1, 0.15) is 42.0 Å². The van der Waals surface area contributed by atoms with Crippen LogP contribution >= 0.6 is 0 Å². The molecule has 0 bridgehead atoms. The molecule has 2 aliphatic rings. The average Bonchev–Trinajstić information content (AvgIpc) is 2.71. The lowest BCUT2D eigenvalue weighted by Crippen LogP contribution is -2.46. The number of likely N-dealkylation sites (tertiary alicyclic amines) is 1. The van der Waals surface area contributed by atoms with Crippen molar-refractivity contribution in [2.45, 2.75) is 38.3 Å². The Morgan fingerprint density at radius 3 is 2.46 bits per heavy atom. The Hall–Kier alpha value is -2.47. The quantitative estimate of drug-likeness (QED) is 0.819. The predicted molar refractivity (Wildman–Crippen MR) is 105 cm³/mol. The number of pyridine rings is 1. The van der Waals surface area contributed by atoms with Gasteiger partial charge in [-0.1, -0.05) is 18.6 Å². The highest BCUT2D eigenvalue weighted by atomic mass is 19.1. The maximum Gasteiger partial charge on any atom is 0.250 e. The molecular weight excluding hydrogens is 357 g/mol. The predicted octanol–water partition coefficient (Wildman–Crippen LogP) is 2.64. The Morgan fingerprint density at radius 2 is 1.75 bits per heavy atom. The number of carbonyl (C=O) groups excluding carboxylic acids is 1. The molecule has 1 fully saturated rings. The molecule has 28 heavy (non-hydrogen) atoms. The van der Waals surface area contributed by atoms with E-state index in [0.717, 1.165) is 42.6 Å². The molecule has 1 atom stereocenters. The van der Waals surface area contributed by atoms with Crippen LogP contribution in [0, 0.1) is 5.82 Å². The summed E-state index contributed by atoms with van der Waals surface area (Å²) >= 11 is 0. The molecule has 6 heteroatoms. The zero-order valence-electron chi connectivity index (χ0n) is 16.2. The van der Waals surface area contributed by atoms with Crippen molar-refractivity contribution in [3.63, 3.8) is 0 Å². The van der Waals surface area contributed by atoms with Crippen LogP contribution in [-0.2, 0) is 24.8 Å². The van der Waals surface area contributed by atoms with Crippen LogP contribution in [0.2, 0.25) is 0 Å². The van der Waals surface area contributed by atoms with Gasteiger partial charge in [-0.2, -0.15) is 0 Å². The highest BCUT2D eigenvalue weighted by molar-refractivity contribution is 5.83. The summed E-state index contributed by atoms with van der Waals surface area (Å²) in [6.07, 6.45) is 5.87. The van der Waals surface area contributed by atoms with E-state index in [-0.39, 0.29) is 23.3 Å². The lowest BCUT2D eigenvalue weighted by Gasteiger charge is -2.38. The van der Waals surface area contributed by atoms with Crippen LogP contribution in [0.5, 0.6) is 0 Å². The summed E-state index contributed by atoms with van der Waals surface area (Å²) in [5.41, 5.74) is 2.89. The van der Waals surface area contributed by atoms with Crippen molar-refractivity contribution in [2.24, 2.45) is 7.05 Å². The third-order valence-electron chi connectivity index (χ3n) is 5.91. The molecule has 1 unspecified atom stereocenters. The number of rotatable bonds is 3. The molecule has 5 nitrogen and oxygen atoms in total. The van der Waals surface area contributed by atoms with E-state index >= 15 is 0 Å². The summed E-state index contributed by atoms with van der Waals surface area (Å²) in [7, 11) is 1.73. The van der Waals surface area contributed by atoms with Gasteiger partial charge in [0.1, 0.15) is 11.9 Å². The van der Waals surface area contributed by atoms with Crippen LogP contribution in [0.3, 0.4) is 0 Å². The van der Waals surface area contributed by atoms with E-state index in [1.54, 1.807) is 29.8 Å². The number of nitrogens with zero attached hydrogens (tertiary/aromatic N) is 3. The minimum absolute atomic E-state index is 0.0176. The molecule has 0 saturated carbocycles. The Labute approximate surface area is 164 Å². The molecule has 1 aromatic heterocycles. The van der Waals surface area contributed by atoms with E-state index in [1.165, 1.54) is 18.6 Å². The molecule has 2 aromatic rings. The maximum atomic E-state index is 13.6. The van der Waals surface area contributed by atoms with E-state index < -0.39 is 0 Å². The first kappa shape index (κ1) is 18.9. The van der Waals surface area contributed by atoms with Gasteiger partial charge in [0, 0.05) is 32.4 Å². The average molecular weight is 383 g/mol. The molecule has 2 aliphatic heterocycles. The number of fused-ring (bicyclic) bond motifs is 1. The third-order valence-corrected chi connectivity index (χ3v) is 5.91. The van der Waals surface area contributed by atoms with Gasteiger partial charge in [0.25, 0.3) is 5.56 Å². The monoisotopic (exact) mass is 383 g/mol. The summed E-state index contributed by atoms with van der Waals surface area (Å²) in [6, 6.07) is 7.62. The number of amides is 1. The molecule has 1 amide bonds.